The molecule has 1 amide bonds. The van der Waals surface area contributed by atoms with E-state index in [9.17, 15) is 4.79 Å². The smallest absolute Gasteiger partial charge is 0.238 e. The van der Waals surface area contributed by atoms with E-state index in [1.165, 1.54) is 5.56 Å². The van der Waals surface area contributed by atoms with Crippen LogP contribution in [0.25, 0.3) is 0 Å². The van der Waals surface area contributed by atoms with E-state index >= 15 is 0 Å². The van der Waals surface area contributed by atoms with Gasteiger partial charge in [-0.15, -0.1) is 0 Å². The molecule has 88 valence electrons. The van der Waals surface area contributed by atoms with Gasteiger partial charge in [0.25, 0.3) is 0 Å². The molecule has 0 heterocycles. The van der Waals surface area contributed by atoms with E-state index in [0.29, 0.717) is 0 Å². The first-order chi connectivity index (χ1) is 7.63. The van der Waals surface area contributed by atoms with Crippen molar-refractivity contribution in [2.75, 3.05) is 6.54 Å². The van der Waals surface area contributed by atoms with Crippen LogP contribution in [-0.2, 0) is 11.2 Å². The average Bonchev–Trinajstić information content (AvgIpc) is 2.29. The monoisotopic (exact) mass is 221 g/mol. The Morgan fingerprint density at radius 2 is 2.00 bits per heavy atom. The van der Waals surface area contributed by atoms with Crippen LogP contribution in [0.1, 0.15) is 12.5 Å². The molecule has 0 fully saturated rings. The molecule has 0 aromatic heterocycles. The zero-order valence-corrected chi connectivity index (χ0v) is 9.52. The average molecular weight is 221 g/mol. The van der Waals surface area contributed by atoms with Crippen molar-refractivity contribution < 1.29 is 4.79 Å². The highest BCUT2D eigenvalue weighted by Crippen LogP contribution is 2.02. The third kappa shape index (κ3) is 4.00. The van der Waals surface area contributed by atoms with Crippen molar-refractivity contribution in [3.63, 3.8) is 0 Å². The number of nitrogens with two attached hydrogens (primary N) is 2. The summed E-state index contributed by atoms with van der Waals surface area (Å²) < 4.78 is 0. The fraction of sp³-hybridized carbons (Fsp3) is 0.417. The number of hydrogen-bond acceptors (Lipinski definition) is 3. The lowest BCUT2D eigenvalue weighted by Gasteiger charge is -2.16. The highest BCUT2D eigenvalue weighted by atomic mass is 16.2. The second-order valence-corrected chi connectivity index (χ2v) is 3.94. The molecule has 0 unspecified atom stereocenters. The molecule has 1 rings (SSSR count). The standard InChI is InChI=1S/C12H19N3O/c1-9(15-12(16)11(14)8-13)7-10-5-3-2-4-6-10/h2-6,9,11H,7-8,13-14H2,1H3,(H,15,16)/t9-,11-/m0/s1. The molecule has 1 aromatic carbocycles. The van der Waals surface area contributed by atoms with E-state index in [-0.39, 0.29) is 18.5 Å². The predicted octanol–water partition coefficient (Wildman–Crippen LogP) is 0.0198. The first-order valence-corrected chi connectivity index (χ1v) is 5.43. The summed E-state index contributed by atoms with van der Waals surface area (Å²) in [6, 6.07) is 9.45. The zero-order chi connectivity index (χ0) is 12.0. The van der Waals surface area contributed by atoms with Gasteiger partial charge in [0, 0.05) is 12.6 Å². The maximum Gasteiger partial charge on any atom is 0.238 e. The summed E-state index contributed by atoms with van der Waals surface area (Å²) in [5.41, 5.74) is 12.0. The fourth-order valence-corrected chi connectivity index (χ4v) is 1.48. The van der Waals surface area contributed by atoms with Crippen molar-refractivity contribution in [3.05, 3.63) is 35.9 Å². The number of hydrogen-bond donors (Lipinski definition) is 3. The molecule has 16 heavy (non-hydrogen) atoms. The van der Waals surface area contributed by atoms with Crippen LogP contribution in [-0.4, -0.2) is 24.5 Å². The number of nitrogens with one attached hydrogen (secondary N) is 1. The van der Waals surface area contributed by atoms with Gasteiger partial charge < -0.3 is 16.8 Å². The number of amides is 1. The second kappa shape index (κ2) is 6.25. The topological polar surface area (TPSA) is 81.1 Å². The second-order valence-electron chi connectivity index (χ2n) is 3.94. The van der Waals surface area contributed by atoms with E-state index < -0.39 is 6.04 Å². The molecule has 1 aromatic rings. The number of carbonyl (C=O) groups excluding carboxylic acids is 1. The SMILES string of the molecule is C[C@@H](Cc1ccccc1)NC(=O)[C@@H](N)CN. The molecule has 0 spiro atoms. The van der Waals surface area contributed by atoms with Gasteiger partial charge in [-0.2, -0.15) is 0 Å². The van der Waals surface area contributed by atoms with Gasteiger partial charge >= 0.3 is 0 Å². The summed E-state index contributed by atoms with van der Waals surface area (Å²) in [7, 11) is 0. The van der Waals surface area contributed by atoms with Gasteiger partial charge in [0.1, 0.15) is 0 Å². The summed E-state index contributed by atoms with van der Waals surface area (Å²) in [4.78, 5) is 11.5. The van der Waals surface area contributed by atoms with Crippen LogP contribution in [0.15, 0.2) is 30.3 Å². The predicted molar refractivity (Wildman–Crippen MR) is 64.8 cm³/mol. The van der Waals surface area contributed by atoms with Gasteiger partial charge in [-0.05, 0) is 18.9 Å². The van der Waals surface area contributed by atoms with E-state index in [1.54, 1.807) is 0 Å². The van der Waals surface area contributed by atoms with Gasteiger partial charge in [0.15, 0.2) is 0 Å². The van der Waals surface area contributed by atoms with Crippen LogP contribution in [0.4, 0.5) is 0 Å². The molecule has 0 bridgehead atoms. The minimum Gasteiger partial charge on any atom is -0.352 e. The van der Waals surface area contributed by atoms with Crippen molar-refractivity contribution in [1.29, 1.82) is 0 Å². The number of carbonyl (C=O) groups is 1. The van der Waals surface area contributed by atoms with E-state index in [2.05, 4.69) is 5.32 Å². The molecule has 4 nitrogen and oxygen atoms in total. The van der Waals surface area contributed by atoms with Crippen molar-refractivity contribution >= 4 is 5.91 Å². The Bertz CT molecular complexity index is 326. The van der Waals surface area contributed by atoms with Crippen LogP contribution in [0, 0.1) is 0 Å². The molecule has 5 N–H and O–H groups in total. The molecule has 0 aliphatic rings. The highest BCUT2D eigenvalue weighted by molar-refractivity contribution is 5.81. The van der Waals surface area contributed by atoms with Gasteiger partial charge in [-0.1, -0.05) is 30.3 Å². The molecule has 0 aliphatic carbocycles. The Morgan fingerprint density at radius 1 is 1.38 bits per heavy atom. The van der Waals surface area contributed by atoms with Crippen LogP contribution in [0.2, 0.25) is 0 Å². The lowest BCUT2D eigenvalue weighted by atomic mass is 10.1. The van der Waals surface area contributed by atoms with Gasteiger partial charge in [-0.25, -0.2) is 0 Å². The van der Waals surface area contributed by atoms with Crippen LogP contribution in [0.5, 0.6) is 0 Å². The van der Waals surface area contributed by atoms with E-state index in [1.807, 2.05) is 37.3 Å². The van der Waals surface area contributed by atoms with Gasteiger partial charge in [-0.3, -0.25) is 4.79 Å². The normalized spacial score (nSPS) is 14.2. The molecule has 0 saturated heterocycles. The Balaban J connectivity index is 2.42. The van der Waals surface area contributed by atoms with E-state index in [0.717, 1.165) is 6.42 Å². The quantitative estimate of drug-likeness (QED) is 0.655. The van der Waals surface area contributed by atoms with Crippen molar-refractivity contribution in [2.45, 2.75) is 25.4 Å². The van der Waals surface area contributed by atoms with Crippen LogP contribution < -0.4 is 16.8 Å². The maximum atomic E-state index is 11.5. The minimum atomic E-state index is -0.613. The highest BCUT2D eigenvalue weighted by Gasteiger charge is 2.13. The Labute approximate surface area is 96.0 Å². The lowest BCUT2D eigenvalue weighted by Crippen LogP contribution is -2.48. The zero-order valence-electron chi connectivity index (χ0n) is 9.52. The molecule has 0 saturated carbocycles. The maximum absolute atomic E-state index is 11.5. The minimum absolute atomic E-state index is 0.0625. The lowest BCUT2D eigenvalue weighted by molar-refractivity contribution is -0.122. The largest absolute Gasteiger partial charge is 0.352 e. The first kappa shape index (κ1) is 12.7. The van der Waals surface area contributed by atoms with Crippen molar-refractivity contribution in [1.82, 2.24) is 5.32 Å². The van der Waals surface area contributed by atoms with Crippen molar-refractivity contribution in [2.24, 2.45) is 11.5 Å². The molecular formula is C12H19N3O. The molecule has 0 radical (unpaired) electrons. The van der Waals surface area contributed by atoms with Crippen LogP contribution in [0.3, 0.4) is 0 Å². The fourth-order valence-electron chi connectivity index (χ4n) is 1.48. The summed E-state index contributed by atoms with van der Waals surface area (Å²) >= 11 is 0. The first-order valence-electron chi connectivity index (χ1n) is 5.43. The van der Waals surface area contributed by atoms with Gasteiger partial charge in [0.05, 0.1) is 6.04 Å². The molecular weight excluding hydrogens is 202 g/mol. The number of rotatable bonds is 5. The summed E-state index contributed by atoms with van der Waals surface area (Å²) in [5, 5.41) is 2.84. The molecule has 0 aliphatic heterocycles. The molecule has 4 heteroatoms. The van der Waals surface area contributed by atoms with Crippen molar-refractivity contribution in [3.8, 4) is 0 Å². The Morgan fingerprint density at radius 3 is 2.56 bits per heavy atom. The summed E-state index contributed by atoms with van der Waals surface area (Å²) in [6.45, 7) is 2.12. The summed E-state index contributed by atoms with van der Waals surface area (Å²) in [6.07, 6.45) is 0.796. The Kier molecular flexibility index (Phi) is 4.95. The Hall–Kier alpha value is -1.39. The third-order valence-electron chi connectivity index (χ3n) is 2.36. The summed E-state index contributed by atoms with van der Waals surface area (Å²) in [5.74, 6) is -0.189. The van der Waals surface area contributed by atoms with E-state index in [4.69, 9.17) is 11.5 Å². The molecule has 2 atom stereocenters. The van der Waals surface area contributed by atoms with Gasteiger partial charge in [0.2, 0.25) is 5.91 Å². The van der Waals surface area contributed by atoms with Crippen LogP contribution >= 0.6 is 0 Å². The number of benzene rings is 1. The third-order valence-corrected chi connectivity index (χ3v) is 2.36.